The van der Waals surface area contributed by atoms with Crippen LogP contribution in [0.25, 0.3) is 0 Å². The zero-order valence-corrected chi connectivity index (χ0v) is 17.8. The molecule has 1 aromatic carbocycles. The maximum atomic E-state index is 13.0. The predicted molar refractivity (Wildman–Crippen MR) is 113 cm³/mol. The molecule has 6 heteroatoms. The SMILES string of the molecule is CC[C@@H](C)NC(=O)[C@@H](C1CCCC1)N1CCN(C(=O)c2ccc(Cl)cc2)CC1. The number of halogens is 1. The van der Waals surface area contributed by atoms with Gasteiger partial charge in [0, 0.05) is 42.8 Å². The Morgan fingerprint density at radius 3 is 2.29 bits per heavy atom. The summed E-state index contributed by atoms with van der Waals surface area (Å²) in [6.45, 7) is 6.95. The Labute approximate surface area is 173 Å². The molecule has 0 unspecified atom stereocenters. The third kappa shape index (κ3) is 5.06. The van der Waals surface area contributed by atoms with Gasteiger partial charge in [-0.15, -0.1) is 0 Å². The Balaban J connectivity index is 1.63. The number of carbonyl (C=O) groups is 2. The second-order valence-corrected chi connectivity index (χ2v) is 8.58. The fourth-order valence-electron chi connectivity index (χ4n) is 4.36. The van der Waals surface area contributed by atoms with E-state index in [9.17, 15) is 9.59 Å². The van der Waals surface area contributed by atoms with Gasteiger partial charge in [0.2, 0.25) is 5.91 Å². The minimum Gasteiger partial charge on any atom is -0.352 e. The summed E-state index contributed by atoms with van der Waals surface area (Å²) in [6, 6.07) is 7.19. The Morgan fingerprint density at radius 2 is 1.71 bits per heavy atom. The van der Waals surface area contributed by atoms with Crippen LogP contribution in [0.15, 0.2) is 24.3 Å². The molecule has 3 rings (SSSR count). The highest BCUT2D eigenvalue weighted by Gasteiger charge is 2.37. The number of piperazine rings is 1. The summed E-state index contributed by atoms with van der Waals surface area (Å²) in [4.78, 5) is 30.0. The van der Waals surface area contributed by atoms with Crippen molar-refractivity contribution in [2.24, 2.45) is 5.92 Å². The van der Waals surface area contributed by atoms with Crippen LogP contribution < -0.4 is 5.32 Å². The Morgan fingerprint density at radius 1 is 1.11 bits per heavy atom. The van der Waals surface area contributed by atoms with E-state index in [1.54, 1.807) is 24.3 Å². The van der Waals surface area contributed by atoms with Gasteiger partial charge in [0.05, 0.1) is 6.04 Å². The molecule has 2 aliphatic rings. The van der Waals surface area contributed by atoms with Gasteiger partial charge in [-0.3, -0.25) is 14.5 Å². The van der Waals surface area contributed by atoms with E-state index in [4.69, 9.17) is 11.6 Å². The van der Waals surface area contributed by atoms with Gasteiger partial charge < -0.3 is 10.2 Å². The van der Waals surface area contributed by atoms with Gasteiger partial charge in [0.1, 0.15) is 0 Å². The third-order valence-electron chi connectivity index (χ3n) is 6.20. The molecule has 5 nitrogen and oxygen atoms in total. The first-order chi connectivity index (χ1) is 13.5. The molecular weight excluding hydrogens is 374 g/mol. The summed E-state index contributed by atoms with van der Waals surface area (Å²) in [7, 11) is 0. The van der Waals surface area contributed by atoms with Crippen LogP contribution >= 0.6 is 11.6 Å². The zero-order chi connectivity index (χ0) is 20.1. The molecule has 28 heavy (non-hydrogen) atoms. The summed E-state index contributed by atoms with van der Waals surface area (Å²) >= 11 is 5.92. The van der Waals surface area contributed by atoms with Crippen molar-refractivity contribution in [1.29, 1.82) is 0 Å². The molecule has 0 aromatic heterocycles. The molecular formula is C22H32ClN3O2. The number of benzene rings is 1. The highest BCUT2D eigenvalue weighted by molar-refractivity contribution is 6.30. The average Bonchev–Trinajstić information content (AvgIpc) is 3.23. The lowest BCUT2D eigenvalue weighted by Gasteiger charge is -2.41. The van der Waals surface area contributed by atoms with Crippen LogP contribution in [0, 0.1) is 5.92 Å². The molecule has 0 spiro atoms. The maximum Gasteiger partial charge on any atom is 0.253 e. The van der Waals surface area contributed by atoms with E-state index in [1.807, 2.05) is 4.90 Å². The van der Waals surface area contributed by atoms with Crippen molar-refractivity contribution in [2.75, 3.05) is 26.2 Å². The molecule has 2 amide bonds. The van der Waals surface area contributed by atoms with Crippen LogP contribution in [0.5, 0.6) is 0 Å². The summed E-state index contributed by atoms with van der Waals surface area (Å²) in [5.74, 6) is 0.638. The van der Waals surface area contributed by atoms with Crippen molar-refractivity contribution in [3.63, 3.8) is 0 Å². The molecule has 1 aromatic rings. The highest BCUT2D eigenvalue weighted by Crippen LogP contribution is 2.31. The minimum atomic E-state index is -0.0655. The van der Waals surface area contributed by atoms with Crippen LogP contribution in [0.4, 0.5) is 0 Å². The molecule has 1 N–H and O–H groups in total. The lowest BCUT2D eigenvalue weighted by atomic mass is 9.94. The number of carbonyl (C=O) groups excluding carboxylic acids is 2. The van der Waals surface area contributed by atoms with Crippen molar-refractivity contribution in [3.05, 3.63) is 34.9 Å². The topological polar surface area (TPSA) is 52.7 Å². The van der Waals surface area contributed by atoms with E-state index in [1.165, 1.54) is 12.8 Å². The first-order valence-corrected chi connectivity index (χ1v) is 11.0. The van der Waals surface area contributed by atoms with Crippen molar-refractivity contribution in [2.45, 2.75) is 58.0 Å². The van der Waals surface area contributed by atoms with E-state index in [0.29, 0.717) is 29.6 Å². The second-order valence-electron chi connectivity index (χ2n) is 8.14. The van der Waals surface area contributed by atoms with Gasteiger partial charge in [0.15, 0.2) is 0 Å². The Kier molecular flexibility index (Phi) is 7.36. The van der Waals surface area contributed by atoms with Gasteiger partial charge in [-0.25, -0.2) is 0 Å². The Bertz CT molecular complexity index is 665. The van der Waals surface area contributed by atoms with Gasteiger partial charge in [-0.05, 0) is 56.4 Å². The number of hydrogen-bond donors (Lipinski definition) is 1. The van der Waals surface area contributed by atoms with E-state index in [0.717, 1.165) is 32.4 Å². The Hall–Kier alpha value is -1.59. The predicted octanol–water partition coefficient (Wildman–Crippen LogP) is 3.57. The van der Waals surface area contributed by atoms with E-state index in [2.05, 4.69) is 24.1 Å². The van der Waals surface area contributed by atoms with Gasteiger partial charge in [-0.1, -0.05) is 31.4 Å². The number of rotatable bonds is 6. The molecule has 2 atom stereocenters. The number of nitrogens with zero attached hydrogens (tertiary/aromatic N) is 2. The van der Waals surface area contributed by atoms with Crippen LogP contribution in [0.1, 0.15) is 56.3 Å². The average molecular weight is 406 g/mol. The normalized spacial score (nSPS) is 20.8. The van der Waals surface area contributed by atoms with Crippen molar-refractivity contribution in [3.8, 4) is 0 Å². The molecule has 2 fully saturated rings. The lowest BCUT2D eigenvalue weighted by molar-refractivity contribution is -0.129. The molecule has 1 aliphatic carbocycles. The molecule has 1 heterocycles. The molecule has 1 aliphatic heterocycles. The molecule has 1 saturated heterocycles. The van der Waals surface area contributed by atoms with Crippen molar-refractivity contribution >= 4 is 23.4 Å². The zero-order valence-electron chi connectivity index (χ0n) is 17.0. The summed E-state index contributed by atoms with van der Waals surface area (Å²) in [5, 5.41) is 3.83. The van der Waals surface area contributed by atoms with Crippen LogP contribution in [-0.4, -0.2) is 59.9 Å². The summed E-state index contributed by atoms with van der Waals surface area (Å²) in [5.41, 5.74) is 0.666. The highest BCUT2D eigenvalue weighted by atomic mass is 35.5. The largest absolute Gasteiger partial charge is 0.352 e. The maximum absolute atomic E-state index is 13.0. The van der Waals surface area contributed by atoms with Crippen LogP contribution in [0.2, 0.25) is 5.02 Å². The van der Waals surface area contributed by atoms with E-state index < -0.39 is 0 Å². The van der Waals surface area contributed by atoms with Gasteiger partial charge in [0.25, 0.3) is 5.91 Å². The fraction of sp³-hybridized carbons (Fsp3) is 0.636. The quantitative estimate of drug-likeness (QED) is 0.787. The first-order valence-electron chi connectivity index (χ1n) is 10.6. The second kappa shape index (κ2) is 9.75. The van der Waals surface area contributed by atoms with Crippen molar-refractivity contribution in [1.82, 2.24) is 15.1 Å². The first kappa shape index (κ1) is 21.1. The standard InChI is InChI=1S/C22H32ClN3O2/c1-3-16(2)24-21(27)20(17-6-4-5-7-17)25-12-14-26(15-13-25)22(28)18-8-10-19(23)11-9-18/h8-11,16-17,20H,3-7,12-15H2,1-2H3,(H,24,27)/t16-,20-/m1/s1. The van der Waals surface area contributed by atoms with E-state index >= 15 is 0 Å². The smallest absolute Gasteiger partial charge is 0.253 e. The lowest BCUT2D eigenvalue weighted by Crippen LogP contribution is -2.58. The number of amides is 2. The molecule has 0 radical (unpaired) electrons. The van der Waals surface area contributed by atoms with Gasteiger partial charge in [-0.2, -0.15) is 0 Å². The minimum absolute atomic E-state index is 0.0396. The van der Waals surface area contributed by atoms with Crippen molar-refractivity contribution < 1.29 is 9.59 Å². The number of hydrogen-bond acceptors (Lipinski definition) is 3. The molecule has 1 saturated carbocycles. The van der Waals surface area contributed by atoms with Gasteiger partial charge >= 0.3 is 0 Å². The van der Waals surface area contributed by atoms with Crippen LogP contribution in [-0.2, 0) is 4.79 Å². The third-order valence-corrected chi connectivity index (χ3v) is 6.45. The summed E-state index contributed by atoms with van der Waals surface area (Å²) in [6.07, 6.45) is 5.62. The number of nitrogens with one attached hydrogen (secondary N) is 1. The van der Waals surface area contributed by atoms with E-state index in [-0.39, 0.29) is 23.9 Å². The fourth-order valence-corrected chi connectivity index (χ4v) is 4.49. The summed E-state index contributed by atoms with van der Waals surface area (Å²) < 4.78 is 0. The molecule has 154 valence electrons. The monoisotopic (exact) mass is 405 g/mol. The molecule has 0 bridgehead atoms. The van der Waals surface area contributed by atoms with Crippen LogP contribution in [0.3, 0.4) is 0 Å².